The van der Waals surface area contributed by atoms with Crippen molar-refractivity contribution in [2.45, 2.75) is 26.4 Å². The highest BCUT2D eigenvalue weighted by atomic mass is 19.4. The van der Waals surface area contributed by atoms with Gasteiger partial charge in [-0.25, -0.2) is 9.37 Å². The molecule has 9 heteroatoms. The van der Waals surface area contributed by atoms with Crippen LogP contribution >= 0.6 is 0 Å². The van der Waals surface area contributed by atoms with Crippen LogP contribution in [0.2, 0.25) is 0 Å². The van der Waals surface area contributed by atoms with Gasteiger partial charge in [-0.3, -0.25) is 4.79 Å². The fourth-order valence-corrected chi connectivity index (χ4v) is 3.10. The van der Waals surface area contributed by atoms with E-state index in [0.29, 0.717) is 34.9 Å². The molecule has 0 fully saturated rings. The summed E-state index contributed by atoms with van der Waals surface area (Å²) in [6, 6.07) is 9.90. The van der Waals surface area contributed by atoms with E-state index in [2.05, 4.69) is 15.6 Å². The summed E-state index contributed by atoms with van der Waals surface area (Å²) in [5.41, 5.74) is 0.830. The van der Waals surface area contributed by atoms with Gasteiger partial charge in [-0.1, -0.05) is 6.92 Å². The molecule has 3 rings (SSSR count). The average Bonchev–Trinajstić information content (AvgIpc) is 2.75. The normalized spacial score (nSPS) is 11.2. The number of aromatic nitrogens is 1. The quantitative estimate of drug-likeness (QED) is 0.447. The maximum Gasteiger partial charge on any atom is 0.416 e. The highest BCUT2D eigenvalue weighted by Crippen LogP contribution is 2.34. The minimum Gasteiger partial charge on any atom is -0.481 e. The smallest absolute Gasteiger partial charge is 0.416 e. The molecule has 0 unspecified atom stereocenters. The summed E-state index contributed by atoms with van der Waals surface area (Å²) in [5.74, 6) is -0.842. The molecule has 32 heavy (non-hydrogen) atoms. The number of pyridine rings is 1. The molecular formula is C23H21F4N3O2. The zero-order valence-electron chi connectivity index (χ0n) is 17.6. The van der Waals surface area contributed by atoms with Crippen LogP contribution in [0.15, 0.2) is 48.5 Å². The molecule has 0 saturated carbocycles. The molecule has 0 aliphatic rings. The van der Waals surface area contributed by atoms with Crippen LogP contribution in [0, 0.1) is 12.7 Å². The van der Waals surface area contributed by atoms with E-state index in [4.69, 9.17) is 4.74 Å². The minimum absolute atomic E-state index is 0.143. The summed E-state index contributed by atoms with van der Waals surface area (Å²) < 4.78 is 58.4. The summed E-state index contributed by atoms with van der Waals surface area (Å²) in [6.45, 7) is 3.47. The van der Waals surface area contributed by atoms with Gasteiger partial charge < -0.3 is 15.4 Å². The summed E-state index contributed by atoms with van der Waals surface area (Å²) in [6.07, 6.45) is -4.16. The first-order valence-electron chi connectivity index (χ1n) is 9.72. The third-order valence-electron chi connectivity index (χ3n) is 4.79. The number of nitrogens with one attached hydrogen (secondary N) is 2. The zero-order chi connectivity index (χ0) is 23.5. The Morgan fingerprint density at radius 1 is 1.03 bits per heavy atom. The van der Waals surface area contributed by atoms with E-state index in [1.807, 2.05) is 6.92 Å². The molecule has 168 valence electrons. The van der Waals surface area contributed by atoms with Crippen LogP contribution in [0.4, 0.5) is 34.6 Å². The first-order valence-corrected chi connectivity index (χ1v) is 9.72. The number of aryl methyl sites for hydroxylation is 2. The Kier molecular flexibility index (Phi) is 6.67. The first kappa shape index (κ1) is 23.1. The lowest BCUT2D eigenvalue weighted by Gasteiger charge is -2.17. The number of carbonyl (C=O) groups excluding carboxylic acids is 1. The van der Waals surface area contributed by atoms with Crippen molar-refractivity contribution in [2.24, 2.45) is 0 Å². The number of hydrogen-bond donors (Lipinski definition) is 2. The number of rotatable bonds is 6. The Morgan fingerprint density at radius 3 is 2.34 bits per heavy atom. The lowest BCUT2D eigenvalue weighted by Crippen LogP contribution is -2.17. The van der Waals surface area contributed by atoms with Gasteiger partial charge in [0, 0.05) is 11.8 Å². The predicted octanol–water partition coefficient (Wildman–Crippen LogP) is 6.11. The van der Waals surface area contributed by atoms with Crippen LogP contribution in [0.3, 0.4) is 0 Å². The number of hydrogen-bond acceptors (Lipinski definition) is 4. The molecule has 3 aromatic rings. The fourth-order valence-electron chi connectivity index (χ4n) is 3.10. The lowest BCUT2D eigenvalue weighted by molar-refractivity contribution is -0.137. The third-order valence-corrected chi connectivity index (χ3v) is 4.79. The Bertz CT molecular complexity index is 1150. The molecule has 0 radical (unpaired) electrons. The highest BCUT2D eigenvalue weighted by molar-refractivity contribution is 6.09. The number of benzene rings is 2. The van der Waals surface area contributed by atoms with Crippen molar-refractivity contribution in [3.8, 4) is 5.88 Å². The average molecular weight is 447 g/mol. The topological polar surface area (TPSA) is 63.2 Å². The van der Waals surface area contributed by atoms with E-state index in [0.717, 1.165) is 12.1 Å². The van der Waals surface area contributed by atoms with Gasteiger partial charge in [-0.15, -0.1) is 0 Å². The zero-order valence-corrected chi connectivity index (χ0v) is 17.6. The molecule has 0 aliphatic heterocycles. The number of amides is 1. The second-order valence-corrected chi connectivity index (χ2v) is 7.00. The van der Waals surface area contributed by atoms with Gasteiger partial charge in [-0.2, -0.15) is 13.2 Å². The molecule has 0 atom stereocenters. The van der Waals surface area contributed by atoms with Crippen LogP contribution in [-0.2, 0) is 12.6 Å². The number of anilines is 3. The van der Waals surface area contributed by atoms with Crippen molar-refractivity contribution >= 4 is 23.0 Å². The van der Waals surface area contributed by atoms with Crippen LogP contribution in [0.5, 0.6) is 5.88 Å². The molecule has 2 aromatic carbocycles. The van der Waals surface area contributed by atoms with Crippen molar-refractivity contribution in [2.75, 3.05) is 17.7 Å². The van der Waals surface area contributed by atoms with Crippen LogP contribution < -0.4 is 15.4 Å². The van der Waals surface area contributed by atoms with Gasteiger partial charge >= 0.3 is 6.18 Å². The van der Waals surface area contributed by atoms with Gasteiger partial charge in [0.15, 0.2) is 0 Å². The predicted molar refractivity (Wildman–Crippen MR) is 114 cm³/mol. The molecule has 0 bridgehead atoms. The summed E-state index contributed by atoms with van der Waals surface area (Å²) in [5, 5.41) is 5.56. The number of methoxy groups -OCH3 is 1. The number of ether oxygens (including phenoxy) is 1. The van der Waals surface area contributed by atoms with E-state index in [9.17, 15) is 22.4 Å². The fraction of sp³-hybridized carbons (Fsp3) is 0.217. The second kappa shape index (κ2) is 9.25. The second-order valence-electron chi connectivity index (χ2n) is 7.00. The Balaban J connectivity index is 2.01. The molecule has 1 aromatic heterocycles. The van der Waals surface area contributed by atoms with E-state index in [-0.39, 0.29) is 11.3 Å². The summed E-state index contributed by atoms with van der Waals surface area (Å²) in [4.78, 5) is 17.3. The monoisotopic (exact) mass is 447 g/mol. The van der Waals surface area contributed by atoms with Crippen LogP contribution in [0.25, 0.3) is 0 Å². The van der Waals surface area contributed by atoms with Gasteiger partial charge in [-0.05, 0) is 61.4 Å². The highest BCUT2D eigenvalue weighted by Gasteiger charge is 2.32. The largest absolute Gasteiger partial charge is 0.481 e. The molecule has 0 spiro atoms. The van der Waals surface area contributed by atoms with Gasteiger partial charge in [0.05, 0.1) is 35.3 Å². The van der Waals surface area contributed by atoms with Crippen molar-refractivity contribution in [3.63, 3.8) is 0 Å². The molecule has 1 heterocycles. The summed E-state index contributed by atoms with van der Waals surface area (Å²) >= 11 is 0. The number of alkyl halides is 3. The van der Waals surface area contributed by atoms with Crippen molar-refractivity contribution < 1.29 is 27.1 Å². The third kappa shape index (κ3) is 5.16. The first-order chi connectivity index (χ1) is 15.1. The Hall–Kier alpha value is -3.62. The van der Waals surface area contributed by atoms with Crippen LogP contribution in [0.1, 0.15) is 34.1 Å². The molecule has 2 N–H and O–H groups in total. The number of nitrogens with zero attached hydrogens (tertiary/aromatic N) is 1. The van der Waals surface area contributed by atoms with E-state index in [1.54, 1.807) is 19.1 Å². The van der Waals surface area contributed by atoms with Crippen molar-refractivity contribution in [3.05, 3.63) is 76.7 Å². The van der Waals surface area contributed by atoms with Crippen molar-refractivity contribution in [1.29, 1.82) is 0 Å². The van der Waals surface area contributed by atoms with Gasteiger partial charge in [0.1, 0.15) is 5.82 Å². The molecule has 0 aliphatic carbocycles. The maximum absolute atomic E-state index is 13.4. The SMILES string of the molecule is CCc1nc(OC)ccc1NC(=O)c1cc(C(F)(F)F)ccc1Nc1ccc(F)cc1C. The van der Waals surface area contributed by atoms with Gasteiger partial charge in [0.2, 0.25) is 5.88 Å². The molecule has 1 amide bonds. The van der Waals surface area contributed by atoms with E-state index in [1.165, 1.54) is 31.4 Å². The van der Waals surface area contributed by atoms with E-state index < -0.39 is 23.5 Å². The maximum atomic E-state index is 13.4. The van der Waals surface area contributed by atoms with Crippen molar-refractivity contribution in [1.82, 2.24) is 4.98 Å². The minimum atomic E-state index is -4.63. The summed E-state index contributed by atoms with van der Waals surface area (Å²) in [7, 11) is 1.46. The van der Waals surface area contributed by atoms with Gasteiger partial charge in [0.25, 0.3) is 5.91 Å². The van der Waals surface area contributed by atoms with E-state index >= 15 is 0 Å². The standard InChI is InChI=1S/C23H21F4N3O2/c1-4-17-20(9-10-21(29-17)32-3)30-22(31)16-12-14(23(25,26)27)5-7-19(16)28-18-8-6-15(24)11-13(18)2/h5-12,28H,4H2,1-3H3,(H,30,31). The molecular weight excluding hydrogens is 426 g/mol. The van der Waals surface area contributed by atoms with Crippen LogP contribution in [-0.4, -0.2) is 18.0 Å². The number of carbonyl (C=O) groups is 1. The Labute approximate surface area is 182 Å². The molecule has 0 saturated heterocycles. The Morgan fingerprint density at radius 2 is 1.72 bits per heavy atom. The lowest BCUT2D eigenvalue weighted by atomic mass is 10.1. The number of halogens is 4. The molecule has 5 nitrogen and oxygen atoms in total.